The normalized spacial score (nSPS) is 12.7. The molecule has 7 nitrogen and oxygen atoms in total. The van der Waals surface area contributed by atoms with E-state index in [4.69, 9.17) is 5.73 Å². The molecule has 0 heterocycles. The summed E-state index contributed by atoms with van der Waals surface area (Å²) in [6, 6.07) is 0.895. The molecule has 1 aromatic carbocycles. The summed E-state index contributed by atoms with van der Waals surface area (Å²) in [4.78, 5) is 22.7. The number of nitrogens with one attached hydrogen (secondary N) is 2. The summed E-state index contributed by atoms with van der Waals surface area (Å²) in [5.41, 5.74) is 7.95. The molecule has 0 bridgehead atoms. The first kappa shape index (κ1) is 19.1. The smallest absolute Gasteiger partial charge is 0.241 e. The Kier molecular flexibility index (Phi) is 5.90. The number of nitrogens with two attached hydrogens (primary N) is 1. The number of hydrogen-bond acceptors (Lipinski definition) is 4. The van der Waals surface area contributed by atoms with Crippen molar-refractivity contribution in [3.63, 3.8) is 0 Å². The van der Waals surface area contributed by atoms with Gasteiger partial charge in [0.25, 0.3) is 0 Å². The van der Waals surface area contributed by atoms with Crippen LogP contribution in [0.1, 0.15) is 29.2 Å². The minimum absolute atomic E-state index is 0.185. The second kappa shape index (κ2) is 7.10. The summed E-state index contributed by atoms with van der Waals surface area (Å²) in [6.45, 7) is 8.20. The Hall–Kier alpha value is -1.93. The van der Waals surface area contributed by atoms with Crippen molar-refractivity contribution in [3.8, 4) is 0 Å². The Morgan fingerprint density at radius 1 is 1.13 bits per heavy atom. The van der Waals surface area contributed by atoms with Crippen LogP contribution < -0.4 is 15.8 Å². The van der Waals surface area contributed by atoms with Gasteiger partial charge in [-0.15, -0.1) is 0 Å². The Labute approximate surface area is 136 Å². The molecule has 23 heavy (non-hydrogen) atoms. The fourth-order valence-corrected chi connectivity index (χ4v) is 4.07. The van der Waals surface area contributed by atoms with E-state index in [9.17, 15) is 18.0 Å². The molecule has 4 N–H and O–H groups in total. The van der Waals surface area contributed by atoms with Crippen LogP contribution in [-0.2, 0) is 19.6 Å². The minimum Gasteiger partial charge on any atom is -0.368 e. The summed E-state index contributed by atoms with van der Waals surface area (Å²) in [5.74, 6) is -1.32. The molecule has 0 aromatic heterocycles. The van der Waals surface area contributed by atoms with Gasteiger partial charge in [-0.25, -0.2) is 8.42 Å². The van der Waals surface area contributed by atoms with Crippen LogP contribution in [0.25, 0.3) is 0 Å². The third-order valence-corrected chi connectivity index (χ3v) is 5.54. The largest absolute Gasteiger partial charge is 0.368 e. The molecule has 0 saturated carbocycles. The van der Waals surface area contributed by atoms with Crippen LogP contribution in [0.2, 0.25) is 0 Å². The molecule has 0 saturated heterocycles. The number of rotatable bonds is 6. The monoisotopic (exact) mass is 341 g/mol. The molecule has 0 aliphatic rings. The van der Waals surface area contributed by atoms with Crippen molar-refractivity contribution in [2.45, 2.75) is 45.6 Å². The van der Waals surface area contributed by atoms with Crippen LogP contribution in [0.5, 0.6) is 0 Å². The lowest BCUT2D eigenvalue weighted by Crippen LogP contribution is -2.47. The molecular weight excluding hydrogens is 318 g/mol. The molecular formula is C15H23N3O4S. The summed E-state index contributed by atoms with van der Waals surface area (Å²) < 4.78 is 27.6. The Morgan fingerprint density at radius 2 is 1.61 bits per heavy atom. The Morgan fingerprint density at radius 3 is 2.04 bits per heavy atom. The molecule has 0 fully saturated rings. The van der Waals surface area contributed by atoms with E-state index in [-0.39, 0.29) is 11.4 Å². The lowest BCUT2D eigenvalue weighted by atomic mass is 10.0. The number of carbonyl (C=O) groups is 2. The van der Waals surface area contributed by atoms with Crippen LogP contribution in [-0.4, -0.2) is 32.8 Å². The van der Waals surface area contributed by atoms with E-state index < -0.39 is 27.9 Å². The molecule has 0 unspecified atom stereocenters. The average Bonchev–Trinajstić information content (AvgIpc) is 2.41. The highest BCUT2D eigenvalue weighted by Gasteiger charge is 2.26. The molecule has 1 aromatic rings. The third-order valence-electron chi connectivity index (χ3n) is 3.73. The summed E-state index contributed by atoms with van der Waals surface area (Å²) in [6.07, 6.45) is 0. The first-order chi connectivity index (χ1) is 10.5. The first-order valence-corrected chi connectivity index (χ1v) is 8.61. The first-order valence-electron chi connectivity index (χ1n) is 7.13. The van der Waals surface area contributed by atoms with E-state index in [1.165, 1.54) is 6.92 Å². The fraction of sp³-hybridized carbons (Fsp3) is 0.467. The van der Waals surface area contributed by atoms with E-state index in [1.807, 2.05) is 19.9 Å². The maximum absolute atomic E-state index is 12.6. The Balaban J connectivity index is 3.10. The van der Waals surface area contributed by atoms with Crippen molar-refractivity contribution in [2.75, 3.05) is 6.54 Å². The second-order valence-corrected chi connectivity index (χ2v) is 7.27. The summed E-state index contributed by atoms with van der Waals surface area (Å²) in [5, 5.41) is 2.27. The summed E-state index contributed by atoms with van der Waals surface area (Å²) >= 11 is 0. The highest BCUT2D eigenvalue weighted by atomic mass is 32.2. The number of carbonyl (C=O) groups excluding carboxylic acids is 2. The van der Waals surface area contributed by atoms with Gasteiger partial charge in [-0.2, -0.15) is 4.72 Å². The molecule has 0 spiro atoms. The van der Waals surface area contributed by atoms with Gasteiger partial charge < -0.3 is 11.1 Å². The number of aryl methyl sites for hydroxylation is 2. The highest BCUT2D eigenvalue weighted by Crippen LogP contribution is 2.26. The number of benzene rings is 1. The van der Waals surface area contributed by atoms with Gasteiger partial charge in [0.2, 0.25) is 21.8 Å². The van der Waals surface area contributed by atoms with Gasteiger partial charge in [0.05, 0.1) is 17.5 Å². The standard InChI is InChI=1S/C15H23N3O4S/c1-8-6-9(2)11(4)14(10(8)3)23(21,22)18-12(5)15(20)17-7-13(16)19/h6,12,18H,7H2,1-5H3,(H2,16,19)(H,17,20)/t12-/m0/s1. The van der Waals surface area contributed by atoms with Crippen LogP contribution in [0.4, 0.5) is 0 Å². The maximum Gasteiger partial charge on any atom is 0.241 e. The van der Waals surface area contributed by atoms with E-state index in [1.54, 1.807) is 13.8 Å². The minimum atomic E-state index is -3.88. The molecule has 128 valence electrons. The average molecular weight is 341 g/mol. The molecule has 8 heteroatoms. The van der Waals surface area contributed by atoms with Crippen molar-refractivity contribution in [1.29, 1.82) is 0 Å². The van der Waals surface area contributed by atoms with Crippen molar-refractivity contribution >= 4 is 21.8 Å². The zero-order valence-corrected chi connectivity index (χ0v) is 14.8. The van der Waals surface area contributed by atoms with Gasteiger partial charge in [0.15, 0.2) is 0 Å². The van der Waals surface area contributed by atoms with Crippen molar-refractivity contribution < 1.29 is 18.0 Å². The van der Waals surface area contributed by atoms with Gasteiger partial charge in [0, 0.05) is 0 Å². The number of sulfonamides is 1. The van der Waals surface area contributed by atoms with Crippen LogP contribution in [0, 0.1) is 27.7 Å². The van der Waals surface area contributed by atoms with E-state index in [0.29, 0.717) is 11.1 Å². The van der Waals surface area contributed by atoms with Crippen molar-refractivity contribution in [3.05, 3.63) is 28.3 Å². The zero-order chi connectivity index (χ0) is 17.9. The van der Waals surface area contributed by atoms with E-state index in [0.717, 1.165) is 11.1 Å². The predicted molar refractivity (Wildman–Crippen MR) is 87.4 cm³/mol. The number of amides is 2. The molecule has 0 aliphatic carbocycles. The van der Waals surface area contributed by atoms with Crippen LogP contribution in [0.3, 0.4) is 0 Å². The van der Waals surface area contributed by atoms with Gasteiger partial charge in [-0.3, -0.25) is 9.59 Å². The fourth-order valence-electron chi connectivity index (χ4n) is 2.26. The van der Waals surface area contributed by atoms with Crippen molar-refractivity contribution in [1.82, 2.24) is 10.0 Å². The van der Waals surface area contributed by atoms with E-state index in [2.05, 4.69) is 10.0 Å². The number of primary amides is 1. The maximum atomic E-state index is 12.6. The lowest BCUT2D eigenvalue weighted by molar-refractivity contribution is -0.125. The quantitative estimate of drug-likeness (QED) is 0.684. The predicted octanol–water partition coefficient (Wildman–Crippen LogP) is 0.189. The topological polar surface area (TPSA) is 118 Å². The highest BCUT2D eigenvalue weighted by molar-refractivity contribution is 7.89. The molecule has 1 atom stereocenters. The molecule has 0 radical (unpaired) electrons. The van der Waals surface area contributed by atoms with Crippen LogP contribution >= 0.6 is 0 Å². The Bertz CT molecular complexity index is 715. The number of hydrogen-bond donors (Lipinski definition) is 3. The molecule has 2 amide bonds. The second-order valence-electron chi connectivity index (χ2n) is 5.62. The molecule has 0 aliphatic heterocycles. The van der Waals surface area contributed by atoms with Gasteiger partial charge in [-0.1, -0.05) is 6.07 Å². The van der Waals surface area contributed by atoms with Crippen molar-refractivity contribution in [2.24, 2.45) is 5.73 Å². The lowest BCUT2D eigenvalue weighted by Gasteiger charge is -2.19. The summed E-state index contributed by atoms with van der Waals surface area (Å²) in [7, 11) is -3.88. The van der Waals surface area contributed by atoms with Gasteiger partial charge in [-0.05, 0) is 56.9 Å². The van der Waals surface area contributed by atoms with Gasteiger partial charge >= 0.3 is 0 Å². The van der Waals surface area contributed by atoms with E-state index >= 15 is 0 Å². The van der Waals surface area contributed by atoms with Gasteiger partial charge in [0.1, 0.15) is 0 Å². The third kappa shape index (κ3) is 4.52. The zero-order valence-electron chi connectivity index (χ0n) is 14.0. The van der Waals surface area contributed by atoms with Crippen LogP contribution in [0.15, 0.2) is 11.0 Å². The molecule has 1 rings (SSSR count). The SMILES string of the molecule is Cc1cc(C)c(C)c(S(=O)(=O)N[C@@H](C)C(=O)NCC(N)=O)c1C.